The number of aliphatic hydroxyl groups is 3. The number of ketones is 2. The lowest BCUT2D eigenvalue weighted by Crippen LogP contribution is -2.63. The molecular weight excluding hydrogens is 545 g/mol. The molecule has 5 rings (SSSR count). The van der Waals surface area contributed by atoms with Crippen molar-refractivity contribution in [3.05, 3.63) is 81.1 Å². The first-order valence-corrected chi connectivity index (χ1v) is 13.3. The fourth-order valence-electron chi connectivity index (χ4n) is 6.61. The average Bonchev–Trinajstić information content (AvgIpc) is 2.90. The van der Waals surface area contributed by atoms with Gasteiger partial charge in [-0.2, -0.15) is 0 Å². The van der Waals surface area contributed by atoms with Gasteiger partial charge in [0.2, 0.25) is 5.78 Å². The molecule has 2 aromatic rings. The highest BCUT2D eigenvalue weighted by Gasteiger charge is 2.63. The number of hydrogen-bond donors (Lipinski definition) is 5. The Morgan fingerprint density at radius 3 is 2.29 bits per heavy atom. The summed E-state index contributed by atoms with van der Waals surface area (Å²) in [4.78, 5) is 43.0. The summed E-state index contributed by atoms with van der Waals surface area (Å²) >= 11 is 0. The summed E-state index contributed by atoms with van der Waals surface area (Å²) in [5.41, 5.74) is 3.61. The molecule has 10 nitrogen and oxygen atoms in total. The van der Waals surface area contributed by atoms with Crippen LogP contribution in [0.15, 0.2) is 53.0 Å². The van der Waals surface area contributed by atoms with Crippen LogP contribution in [-0.4, -0.2) is 82.6 Å². The van der Waals surface area contributed by atoms with Crippen LogP contribution in [0.5, 0.6) is 5.75 Å². The van der Waals surface area contributed by atoms with Gasteiger partial charge in [-0.3, -0.25) is 19.3 Å². The third kappa shape index (κ3) is 4.19. The predicted molar refractivity (Wildman–Crippen MR) is 153 cm³/mol. The van der Waals surface area contributed by atoms with Gasteiger partial charge in [-0.1, -0.05) is 24.3 Å². The second-order valence-corrected chi connectivity index (χ2v) is 11.4. The third-order valence-corrected chi connectivity index (χ3v) is 8.54. The number of carbonyl (C=O) groups excluding carboxylic acids is 3. The maximum atomic E-state index is 14.1. The molecule has 3 aliphatic carbocycles. The van der Waals surface area contributed by atoms with Crippen LogP contribution in [0.1, 0.15) is 33.5 Å². The first-order chi connectivity index (χ1) is 19.7. The van der Waals surface area contributed by atoms with Crippen molar-refractivity contribution in [3.8, 4) is 5.75 Å². The summed E-state index contributed by atoms with van der Waals surface area (Å²) in [6, 6.07) is 6.36. The van der Waals surface area contributed by atoms with E-state index in [1.54, 1.807) is 63.4 Å². The molecule has 11 heteroatoms. The van der Waals surface area contributed by atoms with Crippen molar-refractivity contribution in [1.82, 2.24) is 4.90 Å². The number of nitrogens with zero attached hydrogens (tertiary/aromatic N) is 2. The highest BCUT2D eigenvalue weighted by molar-refractivity contribution is 6.25. The van der Waals surface area contributed by atoms with E-state index in [9.17, 15) is 39.2 Å². The molecule has 0 spiro atoms. The summed E-state index contributed by atoms with van der Waals surface area (Å²) in [5, 5.41) is 45.5. The molecule has 42 heavy (non-hydrogen) atoms. The number of rotatable bonds is 5. The predicted octanol–water partition coefficient (Wildman–Crippen LogP) is 2.50. The Hall–Kier alpha value is -4.48. The number of fused-ring (bicyclic) bond motifs is 3. The number of phenols is 1. The van der Waals surface area contributed by atoms with Crippen LogP contribution < -0.4 is 10.6 Å². The first kappa shape index (κ1) is 29.0. The fourth-order valence-corrected chi connectivity index (χ4v) is 6.61. The molecule has 0 heterocycles. The number of Topliss-reactive ketones (excluding diaryl/α,β-unsaturated/α-hetero) is 2. The topological polar surface area (TPSA) is 165 Å². The molecule has 0 aliphatic heterocycles. The van der Waals surface area contributed by atoms with E-state index < -0.39 is 63.9 Å². The van der Waals surface area contributed by atoms with Crippen LogP contribution >= 0.6 is 0 Å². The zero-order valence-electron chi connectivity index (χ0n) is 23.6. The molecule has 0 saturated heterocycles. The summed E-state index contributed by atoms with van der Waals surface area (Å²) in [5.74, 6) is -7.39. The molecule has 0 fully saturated rings. The minimum Gasteiger partial charge on any atom is -0.510 e. The smallest absolute Gasteiger partial charge is 0.255 e. The molecular formula is C31H32FN3O7. The summed E-state index contributed by atoms with van der Waals surface area (Å²) in [6.07, 6.45) is 3.41. The normalized spacial score (nSPS) is 25.5. The second kappa shape index (κ2) is 10.1. The number of hydrogen-bond acceptors (Lipinski definition) is 9. The summed E-state index contributed by atoms with van der Waals surface area (Å²) < 4.78 is 13.3. The van der Waals surface area contributed by atoms with Crippen LogP contribution in [0, 0.1) is 17.7 Å². The van der Waals surface area contributed by atoms with Gasteiger partial charge >= 0.3 is 0 Å². The minimum atomic E-state index is -2.70. The number of phenolic OH excluding ortho intramolecular Hbond substituents is 1. The Bertz CT molecular complexity index is 1620. The van der Waals surface area contributed by atoms with Gasteiger partial charge in [-0.15, -0.1) is 0 Å². The van der Waals surface area contributed by atoms with E-state index in [-0.39, 0.29) is 35.3 Å². The number of aliphatic hydroxyl groups excluding tert-OH is 2. The zero-order chi connectivity index (χ0) is 30.8. The highest BCUT2D eigenvalue weighted by Crippen LogP contribution is 2.53. The van der Waals surface area contributed by atoms with Gasteiger partial charge in [0.05, 0.1) is 11.6 Å². The maximum absolute atomic E-state index is 14.1. The quantitative estimate of drug-likeness (QED) is 0.265. The fraction of sp³-hybridized carbons (Fsp3) is 0.323. The molecule has 1 amide bonds. The van der Waals surface area contributed by atoms with Gasteiger partial charge in [-0.25, -0.2) is 4.39 Å². The van der Waals surface area contributed by atoms with E-state index in [4.69, 9.17) is 5.73 Å². The van der Waals surface area contributed by atoms with Gasteiger partial charge in [0, 0.05) is 36.8 Å². The Kier molecular flexibility index (Phi) is 6.99. The second-order valence-electron chi connectivity index (χ2n) is 11.4. The number of nitrogens with two attached hydrogens (primary N) is 1. The standard InChI is InChI=1S/C31H32FN3O7/c1-34(2)20-13-15(8-5-14-6-9-17(32)10-7-14)25(36)22-18(20)11-16-12-19-24(35(3)4)27(38)23(30(33)41)29(40)31(19,42)28(39)21(16)26(22)37/h5-10,13,16,19,24,36,38-39,42H,11-12H2,1-4H3,(H2,33,41)/b8-5+/t16-,19-,24-,31+/m1/s1. The molecule has 0 radical (unpaired) electrons. The van der Waals surface area contributed by atoms with Crippen LogP contribution in [0.2, 0.25) is 0 Å². The van der Waals surface area contributed by atoms with Crippen molar-refractivity contribution in [1.29, 1.82) is 0 Å². The van der Waals surface area contributed by atoms with Gasteiger partial charge in [0.15, 0.2) is 11.4 Å². The molecule has 0 bridgehead atoms. The van der Waals surface area contributed by atoms with E-state index in [2.05, 4.69) is 0 Å². The van der Waals surface area contributed by atoms with Crippen molar-refractivity contribution >= 4 is 35.3 Å². The molecule has 0 aromatic heterocycles. The summed E-state index contributed by atoms with van der Waals surface area (Å²) in [6.45, 7) is 0. The number of allylic oxidation sites excluding steroid dienone is 1. The van der Waals surface area contributed by atoms with Crippen LogP contribution in [0.3, 0.4) is 0 Å². The van der Waals surface area contributed by atoms with Gasteiger partial charge in [0.1, 0.15) is 28.7 Å². The zero-order valence-corrected chi connectivity index (χ0v) is 23.6. The van der Waals surface area contributed by atoms with Crippen molar-refractivity contribution in [2.75, 3.05) is 33.1 Å². The van der Waals surface area contributed by atoms with E-state index in [0.717, 1.165) is 0 Å². The van der Waals surface area contributed by atoms with Gasteiger partial charge < -0.3 is 31.1 Å². The van der Waals surface area contributed by atoms with E-state index in [1.807, 2.05) is 0 Å². The van der Waals surface area contributed by atoms with E-state index >= 15 is 0 Å². The number of anilines is 1. The lowest BCUT2D eigenvalue weighted by Gasteiger charge is -2.50. The SMILES string of the molecule is CN(C)c1cc(/C=C/c2ccc(F)cc2)c(O)c2c1C[C@@H]1C[C@@H]3[C@@H](N(C)C)C(O)=C(C(N)=O)C(=O)[C@@]3(O)C(O)=C1C2=O. The van der Waals surface area contributed by atoms with Crippen molar-refractivity contribution < 1.29 is 39.2 Å². The van der Waals surface area contributed by atoms with E-state index in [0.29, 0.717) is 16.8 Å². The Balaban J connectivity index is 1.69. The number of aromatic hydroxyl groups is 1. The largest absolute Gasteiger partial charge is 0.510 e. The lowest BCUT2D eigenvalue weighted by molar-refractivity contribution is -0.148. The van der Waals surface area contributed by atoms with Gasteiger partial charge in [0.25, 0.3) is 5.91 Å². The van der Waals surface area contributed by atoms with Crippen molar-refractivity contribution in [2.24, 2.45) is 17.6 Å². The molecule has 6 N–H and O–H groups in total. The maximum Gasteiger partial charge on any atom is 0.255 e. The highest BCUT2D eigenvalue weighted by atomic mass is 19.1. The van der Waals surface area contributed by atoms with Crippen LogP contribution in [0.25, 0.3) is 12.2 Å². The van der Waals surface area contributed by atoms with Gasteiger partial charge in [-0.05, 0) is 62.2 Å². The monoisotopic (exact) mass is 577 g/mol. The Labute approximate surface area is 241 Å². The molecule has 0 saturated carbocycles. The van der Waals surface area contributed by atoms with Crippen LogP contribution in [-0.2, 0) is 16.0 Å². The van der Waals surface area contributed by atoms with Crippen LogP contribution in [0.4, 0.5) is 10.1 Å². The third-order valence-electron chi connectivity index (χ3n) is 8.54. The number of halogens is 1. The Morgan fingerprint density at radius 1 is 1.07 bits per heavy atom. The minimum absolute atomic E-state index is 0.00557. The number of primary amides is 1. The molecule has 3 aliphatic rings. The molecule has 220 valence electrons. The van der Waals surface area contributed by atoms with Crippen molar-refractivity contribution in [2.45, 2.75) is 24.5 Å². The number of amides is 1. The summed E-state index contributed by atoms with van der Waals surface area (Å²) in [7, 11) is 6.72. The molecule has 2 aromatic carbocycles. The number of benzene rings is 2. The molecule has 0 unspecified atom stereocenters. The average molecular weight is 578 g/mol. The number of carbonyl (C=O) groups is 3. The first-order valence-electron chi connectivity index (χ1n) is 13.3. The lowest BCUT2D eigenvalue weighted by atomic mass is 9.58. The Morgan fingerprint density at radius 2 is 1.71 bits per heavy atom. The van der Waals surface area contributed by atoms with E-state index in [1.165, 1.54) is 17.0 Å². The molecule has 4 atom stereocenters. The number of likely N-dealkylation sites (N-methyl/N-ethyl adjacent to an activating group) is 1. The van der Waals surface area contributed by atoms with Crippen molar-refractivity contribution in [3.63, 3.8) is 0 Å².